The average molecular weight is 471 g/mol. The van der Waals surface area contributed by atoms with Crippen LogP contribution in [0, 0.1) is 5.82 Å². The van der Waals surface area contributed by atoms with E-state index in [-0.39, 0.29) is 23.7 Å². The summed E-state index contributed by atoms with van der Waals surface area (Å²) in [5.41, 5.74) is -2.65. The zero-order valence-corrected chi connectivity index (χ0v) is 17.5. The van der Waals surface area contributed by atoms with Crippen LogP contribution in [0.2, 0.25) is 5.02 Å². The number of carbonyl (C=O) groups excluding carboxylic acids is 2. The minimum Gasteiger partial charge on any atom is -0.503 e. The fourth-order valence-corrected chi connectivity index (χ4v) is 4.53. The quantitative estimate of drug-likeness (QED) is 0.714. The first-order valence-corrected chi connectivity index (χ1v) is 10.2. The SMILES string of the molecule is CCN1C(=O)c2c(O)c(=O)c(C(=O)NCc3nccc(Cl)c3F)cn2[C@@H]2[C@H]1CCC2(F)F. The Morgan fingerprint density at radius 2 is 2.12 bits per heavy atom. The number of hydrogen-bond acceptors (Lipinski definition) is 5. The zero-order chi connectivity index (χ0) is 23.4. The lowest BCUT2D eigenvalue weighted by Crippen LogP contribution is -2.52. The molecule has 170 valence electrons. The van der Waals surface area contributed by atoms with Crippen LogP contribution in [0.4, 0.5) is 13.2 Å². The van der Waals surface area contributed by atoms with E-state index in [9.17, 15) is 32.7 Å². The number of nitrogens with one attached hydrogen (secondary N) is 1. The van der Waals surface area contributed by atoms with Crippen LogP contribution in [0.1, 0.15) is 52.3 Å². The van der Waals surface area contributed by atoms with Crippen molar-refractivity contribution in [2.75, 3.05) is 6.54 Å². The summed E-state index contributed by atoms with van der Waals surface area (Å²) in [6, 6.07) is -1.18. The molecule has 1 saturated carbocycles. The Bertz CT molecular complexity index is 1190. The molecule has 0 unspecified atom stereocenters. The number of aromatic hydroxyl groups is 1. The summed E-state index contributed by atoms with van der Waals surface area (Å²) in [6.07, 6.45) is 1.63. The Balaban J connectivity index is 1.75. The highest BCUT2D eigenvalue weighted by atomic mass is 35.5. The third-order valence-corrected chi connectivity index (χ3v) is 6.15. The Kier molecular flexibility index (Phi) is 5.40. The standard InChI is InChI=1S/C20H18ClF3N4O4/c1-2-27-12-3-5-20(23,24)17(12)28-8-9(15(29)16(30)14(28)19(27)32)18(31)26-7-11-13(22)10(21)4-6-25-11/h4,6,8,12,17,30H,2-3,5,7H2,1H3,(H,26,31)/t12-,17-/m1/s1. The van der Waals surface area contributed by atoms with E-state index in [0.29, 0.717) is 0 Å². The minimum absolute atomic E-state index is 0.0326. The fourth-order valence-electron chi connectivity index (χ4n) is 4.36. The Labute approximate surface area is 184 Å². The Hall–Kier alpha value is -3.08. The summed E-state index contributed by atoms with van der Waals surface area (Å²) in [5, 5.41) is 12.5. The van der Waals surface area contributed by atoms with Crippen LogP contribution in [0.15, 0.2) is 23.3 Å². The number of alkyl halides is 2. The first-order valence-electron chi connectivity index (χ1n) is 9.82. The third-order valence-electron chi connectivity index (χ3n) is 5.86. The van der Waals surface area contributed by atoms with Crippen LogP contribution in [-0.4, -0.2) is 49.9 Å². The fraction of sp³-hybridized carbons (Fsp3) is 0.400. The van der Waals surface area contributed by atoms with Gasteiger partial charge in [0.1, 0.15) is 11.6 Å². The van der Waals surface area contributed by atoms with Gasteiger partial charge >= 0.3 is 0 Å². The predicted molar refractivity (Wildman–Crippen MR) is 106 cm³/mol. The minimum atomic E-state index is -3.23. The molecular formula is C20H18ClF3N4O4. The highest BCUT2D eigenvalue weighted by Crippen LogP contribution is 2.49. The second-order valence-electron chi connectivity index (χ2n) is 7.62. The van der Waals surface area contributed by atoms with Gasteiger partial charge in [0.05, 0.1) is 23.3 Å². The molecule has 0 spiro atoms. The van der Waals surface area contributed by atoms with E-state index in [4.69, 9.17) is 11.6 Å². The van der Waals surface area contributed by atoms with Crippen LogP contribution in [0.5, 0.6) is 5.75 Å². The maximum absolute atomic E-state index is 14.7. The van der Waals surface area contributed by atoms with Gasteiger partial charge in [0, 0.05) is 25.4 Å². The lowest BCUT2D eigenvalue weighted by Gasteiger charge is -2.41. The van der Waals surface area contributed by atoms with Gasteiger partial charge in [0.15, 0.2) is 17.3 Å². The summed E-state index contributed by atoms with van der Waals surface area (Å²) >= 11 is 5.67. The van der Waals surface area contributed by atoms with Crippen molar-refractivity contribution in [3.8, 4) is 5.75 Å². The molecule has 0 saturated heterocycles. The number of rotatable bonds is 4. The van der Waals surface area contributed by atoms with E-state index in [1.54, 1.807) is 6.92 Å². The molecule has 3 heterocycles. The van der Waals surface area contributed by atoms with Gasteiger partial charge in [-0.1, -0.05) is 11.6 Å². The summed E-state index contributed by atoms with van der Waals surface area (Å²) in [4.78, 5) is 43.0. The largest absolute Gasteiger partial charge is 0.503 e. The van der Waals surface area contributed by atoms with E-state index in [2.05, 4.69) is 10.3 Å². The number of fused-ring (bicyclic) bond motifs is 3. The first kappa shape index (κ1) is 22.1. The van der Waals surface area contributed by atoms with Crippen LogP contribution in [0.3, 0.4) is 0 Å². The van der Waals surface area contributed by atoms with Crippen molar-refractivity contribution in [2.24, 2.45) is 0 Å². The van der Waals surface area contributed by atoms with Gasteiger partial charge in [-0.05, 0) is 19.4 Å². The van der Waals surface area contributed by atoms with E-state index in [1.807, 2.05) is 0 Å². The Morgan fingerprint density at radius 1 is 1.41 bits per heavy atom. The topological polar surface area (TPSA) is 105 Å². The molecule has 1 fully saturated rings. The second-order valence-corrected chi connectivity index (χ2v) is 8.02. The number of amides is 2. The van der Waals surface area contributed by atoms with Gasteiger partial charge < -0.3 is 19.9 Å². The number of carbonyl (C=O) groups is 2. The predicted octanol–water partition coefficient (Wildman–Crippen LogP) is 2.49. The van der Waals surface area contributed by atoms with Gasteiger partial charge in [-0.25, -0.2) is 13.2 Å². The number of aromatic nitrogens is 2. The van der Waals surface area contributed by atoms with Gasteiger partial charge in [-0.15, -0.1) is 0 Å². The van der Waals surface area contributed by atoms with Gasteiger partial charge in [-0.3, -0.25) is 19.4 Å². The smallest absolute Gasteiger partial charge is 0.274 e. The van der Waals surface area contributed by atoms with Crippen LogP contribution < -0.4 is 10.7 Å². The van der Waals surface area contributed by atoms with Crippen molar-refractivity contribution < 1.29 is 27.9 Å². The summed E-state index contributed by atoms with van der Waals surface area (Å²) in [7, 11) is 0. The van der Waals surface area contributed by atoms with Gasteiger partial charge in [0.25, 0.3) is 17.7 Å². The monoisotopic (exact) mass is 470 g/mol. The molecule has 0 aromatic carbocycles. The second kappa shape index (κ2) is 7.80. The molecule has 2 aromatic rings. The highest BCUT2D eigenvalue weighted by Gasteiger charge is 2.57. The number of halogens is 4. The first-order chi connectivity index (χ1) is 15.1. The molecule has 0 radical (unpaired) electrons. The van der Waals surface area contributed by atoms with Gasteiger partial charge in [0.2, 0.25) is 5.43 Å². The van der Waals surface area contributed by atoms with E-state index < -0.39 is 71.0 Å². The number of pyridine rings is 2. The molecule has 4 rings (SSSR count). The van der Waals surface area contributed by atoms with Crippen molar-refractivity contribution in [2.45, 2.75) is 44.3 Å². The van der Waals surface area contributed by atoms with E-state index in [1.165, 1.54) is 17.2 Å². The van der Waals surface area contributed by atoms with Crippen molar-refractivity contribution in [1.82, 2.24) is 19.8 Å². The molecule has 32 heavy (non-hydrogen) atoms. The average Bonchev–Trinajstić information content (AvgIpc) is 3.06. The number of nitrogens with zero attached hydrogens (tertiary/aromatic N) is 3. The lowest BCUT2D eigenvalue weighted by molar-refractivity contribution is -0.0488. The molecule has 0 bridgehead atoms. The molecule has 8 nitrogen and oxygen atoms in total. The van der Waals surface area contributed by atoms with Crippen molar-refractivity contribution in [3.63, 3.8) is 0 Å². The van der Waals surface area contributed by atoms with E-state index in [0.717, 1.165) is 10.8 Å². The highest BCUT2D eigenvalue weighted by molar-refractivity contribution is 6.30. The molecule has 12 heteroatoms. The molecule has 1 aliphatic carbocycles. The maximum Gasteiger partial charge on any atom is 0.274 e. The Morgan fingerprint density at radius 3 is 2.81 bits per heavy atom. The van der Waals surface area contributed by atoms with Crippen LogP contribution in [-0.2, 0) is 6.54 Å². The molecule has 2 aromatic heterocycles. The van der Waals surface area contributed by atoms with Crippen LogP contribution >= 0.6 is 11.6 Å². The molecular weight excluding hydrogens is 453 g/mol. The lowest BCUT2D eigenvalue weighted by atomic mass is 10.0. The summed E-state index contributed by atoms with van der Waals surface area (Å²) in [6.45, 7) is 1.28. The maximum atomic E-state index is 14.7. The van der Waals surface area contributed by atoms with Crippen LogP contribution in [0.25, 0.3) is 0 Å². The number of likely N-dealkylation sites (N-methyl/N-ethyl adjacent to an activating group) is 1. The van der Waals surface area contributed by atoms with Gasteiger partial charge in [-0.2, -0.15) is 0 Å². The molecule has 2 amide bonds. The molecule has 2 atom stereocenters. The molecule has 2 aliphatic rings. The molecule has 2 N–H and O–H groups in total. The third kappa shape index (κ3) is 3.31. The van der Waals surface area contributed by atoms with E-state index >= 15 is 0 Å². The number of hydrogen-bond donors (Lipinski definition) is 2. The normalized spacial score (nSPS) is 21.3. The zero-order valence-electron chi connectivity index (χ0n) is 16.7. The van der Waals surface area contributed by atoms with Crippen molar-refractivity contribution in [3.05, 3.63) is 56.5 Å². The van der Waals surface area contributed by atoms with Crippen molar-refractivity contribution >= 4 is 23.4 Å². The van der Waals surface area contributed by atoms with Crippen molar-refractivity contribution in [1.29, 1.82) is 0 Å². The summed E-state index contributed by atoms with van der Waals surface area (Å²) < 4.78 is 44.3. The molecule has 1 aliphatic heterocycles. The summed E-state index contributed by atoms with van der Waals surface area (Å²) in [5.74, 6) is -6.99.